The van der Waals surface area contributed by atoms with Gasteiger partial charge in [0.1, 0.15) is 0 Å². The van der Waals surface area contributed by atoms with Crippen LogP contribution in [0.5, 0.6) is 0 Å². The van der Waals surface area contributed by atoms with Gasteiger partial charge in [-0.15, -0.1) is 0 Å². The summed E-state index contributed by atoms with van der Waals surface area (Å²) in [5.74, 6) is 0. The van der Waals surface area contributed by atoms with Crippen LogP contribution in [-0.4, -0.2) is 26.6 Å². The number of hydrogen-bond acceptors (Lipinski definition) is 2. The van der Waals surface area contributed by atoms with Gasteiger partial charge in [-0.3, -0.25) is 0 Å². The molecule has 5 aromatic carbocycles. The van der Waals surface area contributed by atoms with Crippen LogP contribution < -0.4 is 25.9 Å². The molecule has 0 amide bonds. The predicted octanol–water partition coefficient (Wildman–Crippen LogP) is 4.39. The van der Waals surface area contributed by atoms with Gasteiger partial charge in [0.05, 0.1) is 0 Å². The second-order valence-corrected chi connectivity index (χ2v) is 19.5. The van der Waals surface area contributed by atoms with Crippen molar-refractivity contribution in [3.63, 3.8) is 0 Å². The lowest BCUT2D eigenvalue weighted by Gasteiger charge is -2.42. The predicted molar refractivity (Wildman–Crippen MR) is 175 cm³/mol. The quantitative estimate of drug-likeness (QED) is 0.231. The lowest BCUT2D eigenvalue weighted by Crippen LogP contribution is -2.68. The molecule has 1 fully saturated rings. The van der Waals surface area contributed by atoms with E-state index in [-0.39, 0.29) is 0 Å². The van der Waals surface area contributed by atoms with Crippen molar-refractivity contribution in [2.45, 2.75) is 31.2 Å². The molecule has 5 aromatic rings. The molecule has 1 aliphatic carbocycles. The Bertz CT molecular complexity index is 1280. The van der Waals surface area contributed by atoms with Crippen LogP contribution >= 0.6 is 0 Å². The summed E-state index contributed by atoms with van der Waals surface area (Å²) in [6.07, 6.45) is 4.81. The standard InChI is InChI=1S/C35H36O2Si3/c1-6-18-30(19-7-1)38(31-20-8-2-9-21-31)36-40(35-28-16-17-29-35,34-26-14-5-15-27-34)37-39(32-22-10-3-11-23-32)33-24-12-4-13-25-33/h1-15,18-27,35,38-39H,16-17,28-29H2. The van der Waals surface area contributed by atoms with E-state index in [0.29, 0.717) is 5.54 Å². The Labute approximate surface area is 243 Å². The molecule has 0 radical (unpaired) electrons. The Morgan fingerprint density at radius 3 is 1.05 bits per heavy atom. The van der Waals surface area contributed by atoms with Crippen LogP contribution in [0.3, 0.4) is 0 Å². The van der Waals surface area contributed by atoms with Crippen LogP contribution in [0.1, 0.15) is 25.7 Å². The van der Waals surface area contributed by atoms with Gasteiger partial charge in [-0.2, -0.15) is 0 Å². The van der Waals surface area contributed by atoms with Gasteiger partial charge in [0.2, 0.25) is 18.1 Å². The third-order valence-corrected chi connectivity index (χ3v) is 19.5. The molecular formula is C35H36O2Si3. The molecule has 0 saturated heterocycles. The molecule has 2 nitrogen and oxygen atoms in total. The lowest BCUT2D eigenvalue weighted by atomic mass is 10.4. The third-order valence-electron chi connectivity index (χ3n) is 8.06. The molecule has 0 bridgehead atoms. The first kappa shape index (κ1) is 26.9. The van der Waals surface area contributed by atoms with Gasteiger partial charge in [-0.25, -0.2) is 0 Å². The van der Waals surface area contributed by atoms with Crippen LogP contribution in [0.15, 0.2) is 152 Å². The SMILES string of the molecule is c1ccc([SiH](O[Si](O[SiH](c2ccccc2)c2ccccc2)(c2ccccc2)C2CCCC2)c2ccccc2)cc1. The number of rotatable bonds is 10. The zero-order valence-corrected chi connectivity index (χ0v) is 26.1. The van der Waals surface area contributed by atoms with E-state index < -0.39 is 26.6 Å². The Morgan fingerprint density at radius 2 is 0.725 bits per heavy atom. The molecular weight excluding hydrogens is 537 g/mol. The largest absolute Gasteiger partial charge is 0.427 e. The van der Waals surface area contributed by atoms with E-state index in [0.717, 1.165) is 12.8 Å². The van der Waals surface area contributed by atoms with Gasteiger partial charge in [0.15, 0.2) is 0 Å². The molecule has 40 heavy (non-hydrogen) atoms. The van der Waals surface area contributed by atoms with E-state index in [1.807, 2.05) is 0 Å². The monoisotopic (exact) mass is 572 g/mol. The summed E-state index contributed by atoms with van der Waals surface area (Å²) in [5, 5.41) is 6.50. The molecule has 1 aliphatic rings. The Morgan fingerprint density at radius 1 is 0.425 bits per heavy atom. The maximum Gasteiger partial charge on any atom is 0.355 e. The molecule has 0 aliphatic heterocycles. The molecule has 0 N–H and O–H groups in total. The smallest absolute Gasteiger partial charge is 0.355 e. The summed E-state index contributed by atoms with van der Waals surface area (Å²) in [7, 11) is -7.15. The molecule has 0 heterocycles. The van der Waals surface area contributed by atoms with E-state index in [9.17, 15) is 0 Å². The highest BCUT2D eigenvalue weighted by molar-refractivity contribution is 6.98. The first-order valence-electron chi connectivity index (χ1n) is 14.4. The normalized spacial score (nSPS) is 14.2. The Hall–Kier alpha value is -3.33. The van der Waals surface area contributed by atoms with Crippen LogP contribution in [0.2, 0.25) is 5.54 Å². The maximum absolute atomic E-state index is 7.84. The van der Waals surface area contributed by atoms with Gasteiger partial charge >= 0.3 is 8.56 Å². The van der Waals surface area contributed by atoms with Crippen molar-refractivity contribution < 1.29 is 8.23 Å². The zero-order valence-electron chi connectivity index (χ0n) is 22.8. The van der Waals surface area contributed by atoms with Crippen molar-refractivity contribution in [2.75, 3.05) is 0 Å². The fourth-order valence-corrected chi connectivity index (χ4v) is 19.8. The van der Waals surface area contributed by atoms with E-state index >= 15 is 0 Å². The van der Waals surface area contributed by atoms with E-state index in [2.05, 4.69) is 152 Å². The molecule has 0 aromatic heterocycles. The van der Waals surface area contributed by atoms with Crippen LogP contribution in [0.25, 0.3) is 0 Å². The summed E-state index contributed by atoms with van der Waals surface area (Å²) in [5.41, 5.74) is 0.416. The molecule has 0 spiro atoms. The van der Waals surface area contributed by atoms with Crippen molar-refractivity contribution >= 4 is 52.6 Å². The summed E-state index contributed by atoms with van der Waals surface area (Å²) >= 11 is 0. The molecule has 0 unspecified atom stereocenters. The maximum atomic E-state index is 7.84. The van der Waals surface area contributed by atoms with Gasteiger partial charge < -0.3 is 8.23 Å². The highest BCUT2D eigenvalue weighted by Crippen LogP contribution is 2.40. The third kappa shape index (κ3) is 5.89. The minimum Gasteiger partial charge on any atom is -0.427 e. The summed E-state index contributed by atoms with van der Waals surface area (Å²) in [6.45, 7) is 0. The summed E-state index contributed by atoms with van der Waals surface area (Å²) in [6, 6.07) is 54.7. The highest BCUT2D eigenvalue weighted by Gasteiger charge is 2.52. The van der Waals surface area contributed by atoms with Crippen molar-refractivity contribution in [1.82, 2.24) is 0 Å². The van der Waals surface area contributed by atoms with Gasteiger partial charge in [-0.05, 0) is 38.8 Å². The fraction of sp³-hybridized carbons (Fsp3) is 0.143. The first-order chi connectivity index (χ1) is 19.8. The minimum absolute atomic E-state index is 0.416. The average molecular weight is 573 g/mol. The van der Waals surface area contributed by atoms with Gasteiger partial charge in [0, 0.05) is 5.54 Å². The van der Waals surface area contributed by atoms with Crippen molar-refractivity contribution in [2.24, 2.45) is 0 Å². The summed E-state index contributed by atoms with van der Waals surface area (Å²) < 4.78 is 15.7. The minimum atomic E-state index is -2.97. The lowest BCUT2D eigenvalue weighted by molar-refractivity contribution is 0.397. The zero-order chi connectivity index (χ0) is 27.0. The Balaban J connectivity index is 1.54. The molecule has 200 valence electrons. The molecule has 5 heteroatoms. The van der Waals surface area contributed by atoms with Gasteiger partial charge in [-0.1, -0.05) is 165 Å². The molecule has 6 rings (SSSR count). The second kappa shape index (κ2) is 12.9. The van der Waals surface area contributed by atoms with Crippen molar-refractivity contribution in [3.8, 4) is 0 Å². The number of hydrogen-bond donors (Lipinski definition) is 0. The van der Waals surface area contributed by atoms with E-state index in [1.165, 1.54) is 38.8 Å². The summed E-state index contributed by atoms with van der Waals surface area (Å²) in [4.78, 5) is 0. The van der Waals surface area contributed by atoms with Crippen LogP contribution in [0.4, 0.5) is 0 Å². The second-order valence-electron chi connectivity index (χ2n) is 10.7. The topological polar surface area (TPSA) is 18.5 Å². The van der Waals surface area contributed by atoms with E-state index in [1.54, 1.807) is 0 Å². The Kier molecular flexibility index (Phi) is 8.66. The molecule has 1 saturated carbocycles. The fourth-order valence-electron chi connectivity index (χ4n) is 6.09. The highest BCUT2D eigenvalue weighted by atomic mass is 28.5. The molecule has 0 atom stereocenters. The average Bonchev–Trinajstić information content (AvgIpc) is 3.59. The van der Waals surface area contributed by atoms with Crippen LogP contribution in [0, 0.1) is 0 Å². The number of benzene rings is 5. The first-order valence-corrected chi connectivity index (χ1v) is 19.6. The van der Waals surface area contributed by atoms with Crippen LogP contribution in [-0.2, 0) is 8.23 Å². The van der Waals surface area contributed by atoms with Crippen molar-refractivity contribution in [3.05, 3.63) is 152 Å². The van der Waals surface area contributed by atoms with Gasteiger partial charge in [0.25, 0.3) is 0 Å². The van der Waals surface area contributed by atoms with E-state index in [4.69, 9.17) is 8.23 Å². The van der Waals surface area contributed by atoms with Crippen molar-refractivity contribution in [1.29, 1.82) is 0 Å².